The van der Waals surface area contributed by atoms with Crippen molar-refractivity contribution < 1.29 is 13.2 Å². The molecule has 0 aromatic carbocycles. The summed E-state index contributed by atoms with van der Waals surface area (Å²) in [6, 6.07) is -1.34. The number of hydrogen-bond donors (Lipinski definition) is 0. The molecule has 0 amide bonds. The molecule has 0 radical (unpaired) electrons. The van der Waals surface area contributed by atoms with E-state index in [-0.39, 0.29) is 12.6 Å². The molecule has 5 heteroatoms. The zero-order chi connectivity index (χ0) is 20.6. The summed E-state index contributed by atoms with van der Waals surface area (Å²) in [5.74, 6) is 2.98. The zero-order valence-corrected chi connectivity index (χ0v) is 18.5. The molecule has 0 bridgehead atoms. The molecule has 1 atom stereocenters. The average molecular weight is 393 g/mol. The average Bonchev–Trinajstić information content (AvgIpc) is 2.56. The molecular weight excluding hydrogens is 349 g/mol. The fourth-order valence-electron chi connectivity index (χ4n) is 4.51. The summed E-state index contributed by atoms with van der Waals surface area (Å²) in [6.07, 6.45) is 4.23. The minimum Gasteiger partial charge on any atom is -0.300 e. The van der Waals surface area contributed by atoms with Gasteiger partial charge in [-0.15, -0.1) is 0 Å². The minimum absolute atomic E-state index is 0.0459. The van der Waals surface area contributed by atoms with Crippen LogP contribution < -0.4 is 0 Å². The molecule has 27 heavy (non-hydrogen) atoms. The molecule has 0 N–H and O–H groups in total. The summed E-state index contributed by atoms with van der Waals surface area (Å²) >= 11 is 0. The summed E-state index contributed by atoms with van der Waals surface area (Å²) in [5.41, 5.74) is 0. The van der Waals surface area contributed by atoms with Gasteiger partial charge in [0.25, 0.3) is 0 Å². The van der Waals surface area contributed by atoms with E-state index in [1.165, 1.54) is 32.1 Å². The Morgan fingerprint density at radius 1 is 0.963 bits per heavy atom. The molecule has 1 saturated carbocycles. The van der Waals surface area contributed by atoms with E-state index < -0.39 is 12.2 Å². The number of rotatable bonds is 5. The number of halogens is 3. The number of alkyl halides is 3. The Labute approximate surface area is 165 Å². The van der Waals surface area contributed by atoms with Gasteiger partial charge < -0.3 is 4.90 Å². The third-order valence-electron chi connectivity index (χ3n) is 6.03. The molecule has 1 aliphatic carbocycles. The second-order valence-corrected chi connectivity index (χ2v) is 9.45. The molecule has 0 aromatic heterocycles. The molecule has 1 saturated heterocycles. The quantitative estimate of drug-likeness (QED) is 0.548. The normalized spacial score (nSPS) is 28.3. The van der Waals surface area contributed by atoms with Gasteiger partial charge in [-0.05, 0) is 51.0 Å². The van der Waals surface area contributed by atoms with Crippen molar-refractivity contribution in [3.63, 3.8) is 0 Å². The Morgan fingerprint density at radius 3 is 2.00 bits per heavy atom. The van der Waals surface area contributed by atoms with Gasteiger partial charge in [0.15, 0.2) is 0 Å². The molecular formula is C22H43F3N2. The standard InChI is InChI=1S/C11H21F3N2.C11H22/c1-4-5-15-6-7-16(9(2)3)10(8-15)11(12,13)14;1-9(2)8-11-6-4-10(3)5-7-11/h9-10H,4-8H2,1-3H3;9-11H,4-8H2,1-3H3. The fraction of sp³-hybridized carbons (Fsp3) is 1.00. The molecule has 1 aliphatic heterocycles. The Bertz CT molecular complexity index is 388. The Balaban J connectivity index is 0.000000289. The molecule has 2 fully saturated rings. The second-order valence-electron chi connectivity index (χ2n) is 9.45. The summed E-state index contributed by atoms with van der Waals surface area (Å²) in [4.78, 5) is 3.48. The third-order valence-corrected chi connectivity index (χ3v) is 6.03. The van der Waals surface area contributed by atoms with Crippen molar-refractivity contribution in [1.29, 1.82) is 0 Å². The van der Waals surface area contributed by atoms with Crippen LogP contribution in [-0.2, 0) is 0 Å². The molecule has 2 nitrogen and oxygen atoms in total. The van der Waals surface area contributed by atoms with Crippen LogP contribution in [0.25, 0.3) is 0 Å². The predicted octanol–water partition coefficient (Wildman–Crippen LogP) is 6.21. The number of nitrogens with zero attached hydrogens (tertiary/aromatic N) is 2. The van der Waals surface area contributed by atoms with E-state index >= 15 is 0 Å². The van der Waals surface area contributed by atoms with Crippen molar-refractivity contribution in [2.45, 2.75) is 98.3 Å². The van der Waals surface area contributed by atoms with Gasteiger partial charge in [0, 0.05) is 25.7 Å². The Morgan fingerprint density at radius 2 is 1.56 bits per heavy atom. The van der Waals surface area contributed by atoms with E-state index in [1.54, 1.807) is 4.90 Å². The van der Waals surface area contributed by atoms with Crippen molar-refractivity contribution in [1.82, 2.24) is 9.80 Å². The monoisotopic (exact) mass is 392 g/mol. The van der Waals surface area contributed by atoms with E-state index in [0.29, 0.717) is 6.54 Å². The smallest absolute Gasteiger partial charge is 0.300 e. The molecule has 0 spiro atoms. The van der Waals surface area contributed by atoms with Crippen molar-refractivity contribution >= 4 is 0 Å². The second kappa shape index (κ2) is 11.6. The van der Waals surface area contributed by atoms with Crippen LogP contribution in [0.4, 0.5) is 13.2 Å². The van der Waals surface area contributed by atoms with Crippen LogP contribution in [0.15, 0.2) is 0 Å². The van der Waals surface area contributed by atoms with Gasteiger partial charge in [0.2, 0.25) is 0 Å². The number of piperazine rings is 1. The number of hydrogen-bond acceptors (Lipinski definition) is 2. The van der Waals surface area contributed by atoms with Crippen LogP contribution in [0.2, 0.25) is 0 Å². The maximum atomic E-state index is 12.9. The Kier molecular flexibility index (Phi) is 10.7. The molecule has 2 rings (SSSR count). The predicted molar refractivity (Wildman–Crippen MR) is 109 cm³/mol. The van der Waals surface area contributed by atoms with Gasteiger partial charge in [-0.3, -0.25) is 4.90 Å². The van der Waals surface area contributed by atoms with E-state index in [0.717, 1.165) is 37.3 Å². The first-order valence-electron chi connectivity index (χ1n) is 11.1. The molecule has 162 valence electrons. The van der Waals surface area contributed by atoms with Crippen molar-refractivity contribution in [2.24, 2.45) is 17.8 Å². The fourth-order valence-corrected chi connectivity index (χ4v) is 4.51. The summed E-state index contributed by atoms with van der Waals surface area (Å²) in [6.45, 7) is 14.9. The first kappa shape index (κ1) is 24.7. The molecule has 1 heterocycles. The maximum Gasteiger partial charge on any atom is 0.405 e. The summed E-state index contributed by atoms with van der Waals surface area (Å²) in [7, 11) is 0. The van der Waals surface area contributed by atoms with E-state index in [4.69, 9.17) is 0 Å². The summed E-state index contributed by atoms with van der Waals surface area (Å²) in [5, 5.41) is 0. The van der Waals surface area contributed by atoms with Gasteiger partial charge in [-0.2, -0.15) is 13.2 Å². The highest BCUT2D eigenvalue weighted by Crippen LogP contribution is 2.32. The highest BCUT2D eigenvalue weighted by molar-refractivity contribution is 4.88. The topological polar surface area (TPSA) is 6.48 Å². The van der Waals surface area contributed by atoms with E-state index in [9.17, 15) is 13.2 Å². The maximum absolute atomic E-state index is 12.9. The molecule has 0 aromatic rings. The van der Waals surface area contributed by atoms with Crippen LogP contribution in [0.3, 0.4) is 0 Å². The van der Waals surface area contributed by atoms with Crippen LogP contribution >= 0.6 is 0 Å². The molecule has 1 unspecified atom stereocenters. The highest BCUT2D eigenvalue weighted by atomic mass is 19.4. The third kappa shape index (κ3) is 9.17. The van der Waals surface area contributed by atoms with Gasteiger partial charge in [0.05, 0.1) is 0 Å². The van der Waals surface area contributed by atoms with Gasteiger partial charge >= 0.3 is 6.18 Å². The zero-order valence-electron chi connectivity index (χ0n) is 18.5. The van der Waals surface area contributed by atoms with Crippen LogP contribution in [0, 0.1) is 17.8 Å². The van der Waals surface area contributed by atoms with Crippen LogP contribution in [-0.4, -0.2) is 54.2 Å². The first-order chi connectivity index (χ1) is 12.5. The Hall–Kier alpha value is -0.290. The van der Waals surface area contributed by atoms with E-state index in [1.807, 2.05) is 25.7 Å². The lowest BCUT2D eigenvalue weighted by Gasteiger charge is -2.44. The van der Waals surface area contributed by atoms with Gasteiger partial charge in [-0.25, -0.2) is 0 Å². The van der Waals surface area contributed by atoms with E-state index in [2.05, 4.69) is 20.8 Å². The van der Waals surface area contributed by atoms with Gasteiger partial charge in [0.1, 0.15) is 6.04 Å². The SMILES string of the molecule is CC(C)CC1CCC(C)CC1.CCCN1CCN(C(C)C)C(C(F)(F)F)C1. The van der Waals surface area contributed by atoms with Crippen molar-refractivity contribution in [2.75, 3.05) is 26.2 Å². The van der Waals surface area contributed by atoms with Crippen molar-refractivity contribution in [3.8, 4) is 0 Å². The van der Waals surface area contributed by atoms with Crippen LogP contribution in [0.1, 0.15) is 80.1 Å². The summed E-state index contributed by atoms with van der Waals surface area (Å²) < 4.78 is 38.7. The lowest BCUT2D eigenvalue weighted by Crippen LogP contribution is -2.60. The molecule has 2 aliphatic rings. The first-order valence-corrected chi connectivity index (χ1v) is 11.1. The minimum atomic E-state index is -4.11. The lowest BCUT2D eigenvalue weighted by molar-refractivity contribution is -0.202. The highest BCUT2D eigenvalue weighted by Gasteiger charge is 2.46. The van der Waals surface area contributed by atoms with Crippen molar-refractivity contribution in [3.05, 3.63) is 0 Å². The van der Waals surface area contributed by atoms with Crippen LogP contribution in [0.5, 0.6) is 0 Å². The van der Waals surface area contributed by atoms with Gasteiger partial charge in [-0.1, -0.05) is 53.4 Å². The lowest BCUT2D eigenvalue weighted by atomic mass is 9.79. The largest absolute Gasteiger partial charge is 0.405 e.